The Labute approximate surface area is 129 Å². The predicted octanol–water partition coefficient (Wildman–Crippen LogP) is 1.53. The average Bonchev–Trinajstić information content (AvgIpc) is 2.54. The van der Waals surface area contributed by atoms with E-state index in [1.165, 1.54) is 34.1 Å². The number of primary amides is 1. The molecule has 2 aromatic rings. The molecule has 3 rings (SSSR count). The van der Waals surface area contributed by atoms with Crippen molar-refractivity contribution in [1.82, 2.24) is 4.31 Å². The Morgan fingerprint density at radius 2 is 1.64 bits per heavy atom. The minimum Gasteiger partial charge on any atom is -0.366 e. The molecule has 1 aliphatic heterocycles. The number of hydrogen-bond donors (Lipinski definition) is 1. The summed E-state index contributed by atoms with van der Waals surface area (Å²) < 4.78 is 26.8. The normalized spacial score (nSPS) is 15.3. The molecule has 5 nitrogen and oxygen atoms in total. The van der Waals surface area contributed by atoms with Gasteiger partial charge < -0.3 is 5.73 Å². The number of amides is 1. The van der Waals surface area contributed by atoms with Gasteiger partial charge in [-0.2, -0.15) is 4.31 Å². The highest BCUT2D eigenvalue weighted by atomic mass is 32.2. The zero-order valence-electron chi connectivity index (χ0n) is 11.9. The Morgan fingerprint density at radius 3 is 2.27 bits per heavy atom. The van der Waals surface area contributed by atoms with Crippen molar-refractivity contribution >= 4 is 15.9 Å². The van der Waals surface area contributed by atoms with E-state index in [2.05, 4.69) is 0 Å². The molecule has 0 saturated carbocycles. The Hall–Kier alpha value is -2.18. The smallest absolute Gasteiger partial charge is 0.248 e. The molecule has 1 heterocycles. The lowest BCUT2D eigenvalue weighted by Crippen LogP contribution is -2.35. The van der Waals surface area contributed by atoms with Crippen LogP contribution < -0.4 is 5.73 Å². The molecule has 0 bridgehead atoms. The fourth-order valence-corrected chi connectivity index (χ4v) is 4.03. The maximum absolute atomic E-state index is 12.7. The summed E-state index contributed by atoms with van der Waals surface area (Å²) >= 11 is 0. The first-order valence-electron chi connectivity index (χ1n) is 6.95. The molecule has 0 spiro atoms. The van der Waals surface area contributed by atoms with Gasteiger partial charge in [0.15, 0.2) is 0 Å². The second-order valence-electron chi connectivity index (χ2n) is 5.25. The second kappa shape index (κ2) is 5.55. The van der Waals surface area contributed by atoms with E-state index in [0.717, 1.165) is 5.56 Å². The van der Waals surface area contributed by atoms with Crippen molar-refractivity contribution < 1.29 is 13.2 Å². The fourth-order valence-electron chi connectivity index (χ4n) is 2.62. The first-order chi connectivity index (χ1) is 10.5. The number of benzene rings is 2. The topological polar surface area (TPSA) is 80.5 Å². The highest BCUT2D eigenvalue weighted by molar-refractivity contribution is 7.89. The summed E-state index contributed by atoms with van der Waals surface area (Å²) in [5, 5.41) is 0. The van der Waals surface area contributed by atoms with E-state index in [0.29, 0.717) is 25.1 Å². The standard InChI is InChI=1S/C16H16N2O3S/c17-16(19)13-5-7-15(8-6-13)22(20,21)18-10-9-12-3-1-2-4-14(12)11-18/h1-8H,9-11H2,(H2,17,19). The molecule has 2 aromatic carbocycles. The SMILES string of the molecule is NC(=O)c1ccc(S(=O)(=O)N2CCc3ccccc3C2)cc1. The Balaban J connectivity index is 1.89. The van der Waals surface area contributed by atoms with E-state index < -0.39 is 15.9 Å². The van der Waals surface area contributed by atoms with E-state index in [1.54, 1.807) is 0 Å². The van der Waals surface area contributed by atoms with Gasteiger partial charge in [-0.1, -0.05) is 24.3 Å². The molecule has 0 fully saturated rings. The molecule has 0 saturated heterocycles. The first kappa shape index (κ1) is 14.7. The van der Waals surface area contributed by atoms with Crippen LogP contribution in [0.2, 0.25) is 0 Å². The van der Waals surface area contributed by atoms with Crippen LogP contribution in [0.3, 0.4) is 0 Å². The lowest BCUT2D eigenvalue weighted by atomic mass is 10.0. The van der Waals surface area contributed by atoms with Crippen molar-refractivity contribution in [1.29, 1.82) is 0 Å². The molecule has 0 atom stereocenters. The number of nitrogens with zero attached hydrogens (tertiary/aromatic N) is 1. The van der Waals surface area contributed by atoms with Gasteiger partial charge in [-0.15, -0.1) is 0 Å². The first-order valence-corrected chi connectivity index (χ1v) is 8.39. The van der Waals surface area contributed by atoms with Gasteiger partial charge in [0, 0.05) is 18.7 Å². The maximum Gasteiger partial charge on any atom is 0.248 e. The molecule has 0 radical (unpaired) electrons. The molecule has 0 aromatic heterocycles. The van der Waals surface area contributed by atoms with E-state index in [9.17, 15) is 13.2 Å². The zero-order chi connectivity index (χ0) is 15.7. The minimum atomic E-state index is -3.57. The number of hydrogen-bond acceptors (Lipinski definition) is 3. The number of carbonyl (C=O) groups is 1. The van der Waals surface area contributed by atoms with Gasteiger partial charge >= 0.3 is 0 Å². The van der Waals surface area contributed by atoms with Crippen LogP contribution in [0.15, 0.2) is 53.4 Å². The third kappa shape index (κ3) is 2.63. The molecule has 0 unspecified atom stereocenters. The van der Waals surface area contributed by atoms with Crippen LogP contribution in [0, 0.1) is 0 Å². The average molecular weight is 316 g/mol. The fraction of sp³-hybridized carbons (Fsp3) is 0.188. The molecule has 0 aliphatic carbocycles. The number of fused-ring (bicyclic) bond motifs is 1. The summed E-state index contributed by atoms with van der Waals surface area (Å²) in [6.45, 7) is 0.826. The quantitative estimate of drug-likeness (QED) is 0.932. The monoisotopic (exact) mass is 316 g/mol. The van der Waals surface area contributed by atoms with Crippen molar-refractivity contribution in [2.75, 3.05) is 6.54 Å². The summed E-state index contributed by atoms with van der Waals surface area (Å²) in [5.41, 5.74) is 7.69. The van der Waals surface area contributed by atoms with Crippen LogP contribution in [0.1, 0.15) is 21.5 Å². The van der Waals surface area contributed by atoms with Crippen molar-refractivity contribution in [2.45, 2.75) is 17.9 Å². The van der Waals surface area contributed by atoms with E-state index >= 15 is 0 Å². The molecule has 1 aliphatic rings. The summed E-state index contributed by atoms with van der Waals surface area (Å²) in [6.07, 6.45) is 0.703. The summed E-state index contributed by atoms with van der Waals surface area (Å²) in [7, 11) is -3.57. The molecule has 22 heavy (non-hydrogen) atoms. The summed E-state index contributed by atoms with van der Waals surface area (Å²) in [4.78, 5) is 11.2. The summed E-state index contributed by atoms with van der Waals surface area (Å²) in [5.74, 6) is -0.573. The van der Waals surface area contributed by atoms with Gasteiger partial charge in [-0.25, -0.2) is 8.42 Å². The van der Waals surface area contributed by atoms with Crippen LogP contribution in [0.4, 0.5) is 0 Å². The molecular formula is C16H16N2O3S. The van der Waals surface area contributed by atoms with Crippen LogP contribution in [-0.4, -0.2) is 25.2 Å². The Bertz CT molecular complexity index is 814. The van der Waals surface area contributed by atoms with Crippen LogP contribution >= 0.6 is 0 Å². The van der Waals surface area contributed by atoms with Crippen LogP contribution in [0.25, 0.3) is 0 Å². The molecule has 1 amide bonds. The van der Waals surface area contributed by atoms with E-state index in [-0.39, 0.29) is 4.90 Å². The second-order valence-corrected chi connectivity index (χ2v) is 7.18. The number of rotatable bonds is 3. The minimum absolute atomic E-state index is 0.178. The van der Waals surface area contributed by atoms with Crippen LogP contribution in [-0.2, 0) is 23.0 Å². The lowest BCUT2D eigenvalue weighted by Gasteiger charge is -2.28. The molecule has 2 N–H and O–H groups in total. The zero-order valence-corrected chi connectivity index (χ0v) is 12.7. The largest absolute Gasteiger partial charge is 0.366 e. The van der Waals surface area contributed by atoms with Crippen molar-refractivity contribution in [3.05, 3.63) is 65.2 Å². The highest BCUT2D eigenvalue weighted by Gasteiger charge is 2.28. The van der Waals surface area contributed by atoms with Crippen molar-refractivity contribution in [2.24, 2.45) is 5.73 Å². The Morgan fingerprint density at radius 1 is 1.00 bits per heavy atom. The maximum atomic E-state index is 12.7. The predicted molar refractivity (Wildman–Crippen MR) is 82.7 cm³/mol. The van der Waals surface area contributed by atoms with E-state index in [1.807, 2.05) is 24.3 Å². The number of carbonyl (C=O) groups excluding carboxylic acids is 1. The van der Waals surface area contributed by atoms with E-state index in [4.69, 9.17) is 5.73 Å². The van der Waals surface area contributed by atoms with Gasteiger partial charge in [-0.3, -0.25) is 4.79 Å². The third-order valence-electron chi connectivity index (χ3n) is 3.87. The van der Waals surface area contributed by atoms with Gasteiger partial charge in [-0.05, 0) is 41.8 Å². The van der Waals surface area contributed by atoms with Gasteiger partial charge in [0.25, 0.3) is 0 Å². The number of nitrogens with two attached hydrogens (primary N) is 1. The van der Waals surface area contributed by atoms with Crippen molar-refractivity contribution in [3.63, 3.8) is 0 Å². The number of sulfonamides is 1. The highest BCUT2D eigenvalue weighted by Crippen LogP contribution is 2.24. The molecule has 114 valence electrons. The van der Waals surface area contributed by atoms with Crippen molar-refractivity contribution in [3.8, 4) is 0 Å². The van der Waals surface area contributed by atoms with Gasteiger partial charge in [0.1, 0.15) is 0 Å². The summed E-state index contributed by atoms with van der Waals surface area (Å²) in [6, 6.07) is 13.6. The molecular weight excluding hydrogens is 300 g/mol. The third-order valence-corrected chi connectivity index (χ3v) is 5.73. The Kier molecular flexibility index (Phi) is 3.72. The van der Waals surface area contributed by atoms with Gasteiger partial charge in [0.2, 0.25) is 15.9 Å². The lowest BCUT2D eigenvalue weighted by molar-refractivity contribution is 0.1000. The van der Waals surface area contributed by atoms with Crippen LogP contribution in [0.5, 0.6) is 0 Å². The molecule has 6 heteroatoms. The van der Waals surface area contributed by atoms with Gasteiger partial charge in [0.05, 0.1) is 4.90 Å².